The number of amides is 1. The predicted molar refractivity (Wildman–Crippen MR) is 132 cm³/mol. The monoisotopic (exact) mass is 467 g/mol. The molecule has 2 heterocycles. The summed E-state index contributed by atoms with van der Waals surface area (Å²) in [4.78, 5) is 30.8. The van der Waals surface area contributed by atoms with Crippen molar-refractivity contribution in [3.63, 3.8) is 0 Å². The summed E-state index contributed by atoms with van der Waals surface area (Å²) < 4.78 is 2.39. The zero-order valence-corrected chi connectivity index (χ0v) is 20.2. The number of rotatable bonds is 9. The van der Waals surface area contributed by atoms with Gasteiger partial charge < -0.3 is 15.0 Å². The zero-order valence-electron chi connectivity index (χ0n) is 19.4. The second-order valence-electron chi connectivity index (χ2n) is 9.26. The van der Waals surface area contributed by atoms with Gasteiger partial charge in [0, 0.05) is 22.9 Å². The van der Waals surface area contributed by atoms with E-state index in [9.17, 15) is 14.7 Å². The molecule has 33 heavy (non-hydrogen) atoms. The fraction of sp³-hybridized carbons (Fsp3) is 0.500. The van der Waals surface area contributed by atoms with Crippen LogP contribution in [0.25, 0.3) is 11.0 Å². The molecule has 1 amide bonds. The minimum Gasteiger partial charge on any atom is -0.480 e. The Morgan fingerprint density at radius 3 is 2.70 bits per heavy atom. The van der Waals surface area contributed by atoms with Gasteiger partial charge >= 0.3 is 5.97 Å². The number of carbonyl (C=O) groups is 2. The predicted octanol–water partition coefficient (Wildman–Crippen LogP) is 5.81. The number of imidazole rings is 1. The fourth-order valence-corrected chi connectivity index (χ4v) is 5.46. The number of carboxylic acid groups (broad SMARTS) is 1. The second kappa shape index (κ2) is 10.5. The van der Waals surface area contributed by atoms with E-state index in [1.807, 2.05) is 26.0 Å². The molecule has 0 radical (unpaired) electrons. The molecule has 2 aromatic heterocycles. The summed E-state index contributed by atoms with van der Waals surface area (Å²) in [7, 11) is 0. The van der Waals surface area contributed by atoms with E-state index in [-0.39, 0.29) is 11.8 Å². The minimum atomic E-state index is -0.996. The van der Waals surface area contributed by atoms with Crippen molar-refractivity contribution in [1.82, 2.24) is 14.9 Å². The van der Waals surface area contributed by atoms with Crippen molar-refractivity contribution >= 4 is 34.2 Å². The number of benzene rings is 1. The lowest BCUT2D eigenvalue weighted by Gasteiger charge is -2.25. The first-order chi connectivity index (χ1) is 16.0. The first-order valence-electron chi connectivity index (χ1n) is 12.0. The lowest BCUT2D eigenvalue weighted by molar-refractivity contribution is -0.139. The Morgan fingerprint density at radius 2 is 2.03 bits per heavy atom. The molecule has 1 aliphatic carbocycles. The Balaban J connectivity index is 1.63. The quantitative estimate of drug-likeness (QED) is 0.416. The lowest BCUT2D eigenvalue weighted by Crippen LogP contribution is -2.41. The number of carboxylic acids is 1. The molecule has 0 aliphatic heterocycles. The van der Waals surface area contributed by atoms with Crippen molar-refractivity contribution in [2.24, 2.45) is 5.92 Å². The van der Waals surface area contributed by atoms with Crippen LogP contribution in [0.1, 0.15) is 85.9 Å². The molecule has 1 saturated carbocycles. The lowest BCUT2D eigenvalue weighted by atomic mass is 9.95. The molecule has 7 heteroatoms. The van der Waals surface area contributed by atoms with Gasteiger partial charge in [-0.3, -0.25) is 4.79 Å². The van der Waals surface area contributed by atoms with Gasteiger partial charge in [0.05, 0.1) is 11.0 Å². The summed E-state index contributed by atoms with van der Waals surface area (Å²) in [5.41, 5.74) is 2.31. The first kappa shape index (κ1) is 23.5. The maximum Gasteiger partial charge on any atom is 0.326 e. The molecule has 1 fully saturated rings. The highest BCUT2D eigenvalue weighted by atomic mass is 32.1. The van der Waals surface area contributed by atoms with E-state index >= 15 is 0 Å². The molecule has 1 unspecified atom stereocenters. The van der Waals surface area contributed by atoms with Crippen molar-refractivity contribution in [2.45, 2.75) is 77.3 Å². The van der Waals surface area contributed by atoms with Crippen LogP contribution in [0.2, 0.25) is 0 Å². The number of aliphatic carboxylic acids is 1. The van der Waals surface area contributed by atoms with E-state index in [2.05, 4.69) is 27.4 Å². The summed E-state index contributed by atoms with van der Waals surface area (Å²) in [6, 6.07) is 9.34. The molecule has 3 aromatic rings. The molecule has 0 spiro atoms. The van der Waals surface area contributed by atoms with E-state index in [1.165, 1.54) is 24.1 Å². The van der Waals surface area contributed by atoms with Crippen LogP contribution in [0, 0.1) is 5.92 Å². The Labute approximate surface area is 199 Å². The van der Waals surface area contributed by atoms with Crippen molar-refractivity contribution in [1.29, 1.82) is 0 Å². The third kappa shape index (κ3) is 5.46. The Morgan fingerprint density at radius 1 is 1.24 bits per heavy atom. The highest BCUT2D eigenvalue weighted by molar-refractivity contribution is 7.09. The Bertz CT molecular complexity index is 1100. The summed E-state index contributed by atoms with van der Waals surface area (Å²) in [6.07, 6.45) is 8.13. The molecule has 4 rings (SSSR count). The number of hydrogen-bond donors (Lipinski definition) is 2. The fourth-order valence-electron chi connectivity index (χ4n) is 4.76. The maximum absolute atomic E-state index is 12.9. The van der Waals surface area contributed by atoms with Crippen molar-refractivity contribution in [2.75, 3.05) is 0 Å². The van der Waals surface area contributed by atoms with Crippen molar-refractivity contribution in [3.05, 3.63) is 52.0 Å². The highest BCUT2D eigenvalue weighted by Crippen LogP contribution is 2.34. The topological polar surface area (TPSA) is 84.2 Å². The molecular weight excluding hydrogens is 434 g/mol. The van der Waals surface area contributed by atoms with Crippen LogP contribution >= 0.6 is 11.3 Å². The SMILES string of the molecule is CCC(C)C[C@H](NC(=O)c1ccc2c(c1)nc(Cc1cccs1)n2C1CCCCC1)C(=O)O. The van der Waals surface area contributed by atoms with Crippen LogP contribution < -0.4 is 5.32 Å². The van der Waals surface area contributed by atoms with Crippen molar-refractivity contribution in [3.8, 4) is 0 Å². The average molecular weight is 468 g/mol. The van der Waals surface area contributed by atoms with Crippen LogP contribution in [0.15, 0.2) is 35.7 Å². The normalized spacial score (nSPS) is 16.5. The molecule has 2 N–H and O–H groups in total. The molecule has 176 valence electrons. The van der Waals surface area contributed by atoms with Crippen LogP contribution in [-0.4, -0.2) is 32.6 Å². The van der Waals surface area contributed by atoms with E-state index in [4.69, 9.17) is 4.98 Å². The number of fused-ring (bicyclic) bond motifs is 1. The number of carbonyl (C=O) groups excluding carboxylic acids is 1. The number of aromatic nitrogens is 2. The summed E-state index contributed by atoms with van der Waals surface area (Å²) in [5, 5.41) is 14.4. The number of nitrogens with one attached hydrogen (secondary N) is 1. The summed E-state index contributed by atoms with van der Waals surface area (Å²) in [6.45, 7) is 4.02. The van der Waals surface area contributed by atoms with Gasteiger partial charge in [0.2, 0.25) is 0 Å². The van der Waals surface area contributed by atoms with Crippen LogP contribution in [-0.2, 0) is 11.2 Å². The number of hydrogen-bond acceptors (Lipinski definition) is 4. The summed E-state index contributed by atoms with van der Waals surface area (Å²) >= 11 is 1.73. The van der Waals surface area contributed by atoms with Gasteiger partial charge in [-0.25, -0.2) is 9.78 Å². The maximum atomic E-state index is 12.9. The van der Waals surface area contributed by atoms with Gasteiger partial charge in [-0.1, -0.05) is 45.6 Å². The number of nitrogens with zero attached hydrogens (tertiary/aromatic N) is 2. The Kier molecular flexibility index (Phi) is 7.48. The molecule has 6 nitrogen and oxygen atoms in total. The Hall–Kier alpha value is -2.67. The molecule has 0 saturated heterocycles. The first-order valence-corrected chi connectivity index (χ1v) is 12.9. The average Bonchev–Trinajstić information content (AvgIpc) is 3.45. The number of thiophene rings is 1. The van der Waals surface area contributed by atoms with E-state index in [0.717, 1.165) is 42.5 Å². The molecule has 1 aliphatic rings. The molecule has 1 aromatic carbocycles. The van der Waals surface area contributed by atoms with Gasteiger partial charge in [0.1, 0.15) is 11.9 Å². The molecule has 2 atom stereocenters. The third-order valence-corrected chi connectivity index (χ3v) is 7.69. The third-order valence-electron chi connectivity index (χ3n) is 6.82. The van der Waals surface area contributed by atoms with Crippen LogP contribution in [0.3, 0.4) is 0 Å². The van der Waals surface area contributed by atoms with E-state index < -0.39 is 12.0 Å². The zero-order chi connectivity index (χ0) is 23.4. The minimum absolute atomic E-state index is 0.222. The molecule has 0 bridgehead atoms. The van der Waals surface area contributed by atoms with Gasteiger partial charge in [0.15, 0.2) is 0 Å². The summed E-state index contributed by atoms with van der Waals surface area (Å²) in [5.74, 6) is -0.0962. The second-order valence-corrected chi connectivity index (χ2v) is 10.3. The van der Waals surface area contributed by atoms with Gasteiger partial charge in [-0.2, -0.15) is 0 Å². The molecular formula is C26H33N3O3S. The van der Waals surface area contributed by atoms with Crippen LogP contribution in [0.5, 0.6) is 0 Å². The smallest absolute Gasteiger partial charge is 0.326 e. The van der Waals surface area contributed by atoms with Crippen LogP contribution in [0.4, 0.5) is 0 Å². The van der Waals surface area contributed by atoms with Gasteiger partial charge in [-0.05, 0) is 54.8 Å². The van der Waals surface area contributed by atoms with E-state index in [1.54, 1.807) is 17.4 Å². The standard InChI is InChI=1S/C26H33N3O3S/c1-3-17(2)14-22(26(31)32)28-25(30)18-11-12-23-21(15-18)27-24(16-20-10-7-13-33-20)29(23)19-8-5-4-6-9-19/h7,10-13,15,17,19,22H,3-6,8-9,14,16H2,1-2H3,(H,28,30)(H,31,32)/t17?,22-/m0/s1. The van der Waals surface area contributed by atoms with Gasteiger partial charge in [0.25, 0.3) is 5.91 Å². The highest BCUT2D eigenvalue weighted by Gasteiger charge is 2.25. The van der Waals surface area contributed by atoms with Gasteiger partial charge in [-0.15, -0.1) is 11.3 Å². The largest absolute Gasteiger partial charge is 0.480 e. The van der Waals surface area contributed by atoms with Crippen molar-refractivity contribution < 1.29 is 14.7 Å². The van der Waals surface area contributed by atoms with E-state index in [0.29, 0.717) is 18.0 Å².